The molecule has 4 heterocycles. The number of fused-ring (bicyclic) bond motifs is 1. The normalized spacial score (nSPS) is 20.8. The van der Waals surface area contributed by atoms with Crippen molar-refractivity contribution in [1.82, 2.24) is 19.6 Å². The van der Waals surface area contributed by atoms with E-state index in [1.165, 1.54) is 9.80 Å². The van der Waals surface area contributed by atoms with Gasteiger partial charge in [-0.15, -0.1) is 0 Å². The number of para-hydroxylation sites is 1. The number of alkyl halides is 6. The number of rotatable bonds is 6. The van der Waals surface area contributed by atoms with Crippen molar-refractivity contribution >= 4 is 29.4 Å². The molecule has 3 fully saturated rings. The number of hydrogen-bond acceptors (Lipinski definition) is 6. The molecule has 1 unspecified atom stereocenters. The molecule has 4 aliphatic heterocycles. The maximum absolute atomic E-state index is 14.0. The highest BCUT2D eigenvalue weighted by Gasteiger charge is 2.42. The van der Waals surface area contributed by atoms with E-state index >= 15 is 0 Å². The second kappa shape index (κ2) is 15.6. The Balaban J connectivity index is 1.16. The number of urea groups is 1. The average Bonchev–Trinajstić information content (AvgIpc) is 3.29. The number of piperidine rings is 3. The molecule has 2 aromatic carbocycles. The van der Waals surface area contributed by atoms with Gasteiger partial charge in [0.2, 0.25) is 0 Å². The van der Waals surface area contributed by atoms with Crippen LogP contribution < -0.4 is 11.1 Å². The summed E-state index contributed by atoms with van der Waals surface area (Å²) in [6.07, 6.45) is -8.77. The van der Waals surface area contributed by atoms with E-state index in [0.717, 1.165) is 37.2 Å². The van der Waals surface area contributed by atoms with Crippen LogP contribution in [0, 0.1) is 11.8 Å². The number of likely N-dealkylation sites (tertiary alicyclic amines) is 3. The van der Waals surface area contributed by atoms with E-state index < -0.39 is 59.3 Å². The van der Waals surface area contributed by atoms with E-state index in [2.05, 4.69) is 17.3 Å². The van der Waals surface area contributed by atoms with Crippen LogP contribution in [0.5, 0.6) is 0 Å². The van der Waals surface area contributed by atoms with E-state index in [1.807, 2.05) is 24.3 Å². The Morgan fingerprint density at radius 1 is 0.830 bits per heavy atom. The predicted octanol–water partition coefficient (Wildman–Crippen LogP) is 6.49. The summed E-state index contributed by atoms with van der Waals surface area (Å²) in [6.45, 7) is 3.45. The summed E-state index contributed by atoms with van der Waals surface area (Å²) in [7, 11) is 2.07. The Morgan fingerprint density at radius 3 is 1.96 bits per heavy atom. The van der Waals surface area contributed by atoms with Crippen molar-refractivity contribution < 1.29 is 45.5 Å². The molecule has 290 valence electrons. The average molecular weight is 753 g/mol. The van der Waals surface area contributed by atoms with Crippen molar-refractivity contribution in [2.75, 3.05) is 63.9 Å². The van der Waals surface area contributed by atoms with Gasteiger partial charge in [-0.1, -0.05) is 18.2 Å². The molecule has 0 radical (unpaired) electrons. The lowest BCUT2D eigenvalue weighted by Crippen LogP contribution is -2.52. The molecule has 53 heavy (non-hydrogen) atoms. The van der Waals surface area contributed by atoms with E-state index in [0.29, 0.717) is 75.7 Å². The first-order chi connectivity index (χ1) is 25.1. The predicted molar refractivity (Wildman–Crippen MR) is 185 cm³/mol. The summed E-state index contributed by atoms with van der Waals surface area (Å²) >= 11 is 0. The number of anilines is 2. The second-order valence-corrected chi connectivity index (χ2v) is 14.7. The summed E-state index contributed by atoms with van der Waals surface area (Å²) in [5.74, 6) is 0.221. The van der Waals surface area contributed by atoms with Crippen LogP contribution in [0.1, 0.15) is 60.8 Å². The number of carbonyl (C=O) groups is 3. The summed E-state index contributed by atoms with van der Waals surface area (Å²) in [6, 6.07) is 8.07. The van der Waals surface area contributed by atoms with Crippen LogP contribution >= 0.6 is 0 Å². The number of nitrogen functional groups attached to an aromatic ring is 1. The summed E-state index contributed by atoms with van der Waals surface area (Å²) in [4.78, 5) is 47.5. The molecule has 2 aromatic rings. The molecule has 0 aliphatic carbocycles. The van der Waals surface area contributed by atoms with Gasteiger partial charge in [0.1, 0.15) is 0 Å². The fourth-order valence-corrected chi connectivity index (χ4v) is 8.28. The van der Waals surface area contributed by atoms with Gasteiger partial charge in [0, 0.05) is 50.9 Å². The highest BCUT2D eigenvalue weighted by atomic mass is 19.4. The third kappa shape index (κ3) is 8.95. The van der Waals surface area contributed by atoms with Gasteiger partial charge >= 0.3 is 24.5 Å². The van der Waals surface area contributed by atoms with Gasteiger partial charge in [-0.05, 0) is 106 Å². The molecule has 0 spiro atoms. The van der Waals surface area contributed by atoms with Crippen LogP contribution in [0.2, 0.25) is 0 Å². The summed E-state index contributed by atoms with van der Waals surface area (Å²) in [5, 5.41) is 2.94. The minimum atomic E-state index is -5.20. The van der Waals surface area contributed by atoms with Gasteiger partial charge in [-0.2, -0.15) is 26.3 Å². The molecule has 3 saturated heterocycles. The maximum atomic E-state index is 14.0. The van der Waals surface area contributed by atoms with Gasteiger partial charge in [0.05, 0.1) is 16.8 Å². The number of hydrogen-bond donors (Lipinski definition) is 2. The van der Waals surface area contributed by atoms with Gasteiger partial charge in [-0.25, -0.2) is 9.59 Å². The Morgan fingerprint density at radius 2 is 1.38 bits per heavy atom. The van der Waals surface area contributed by atoms with Crippen molar-refractivity contribution in [2.45, 2.75) is 75.9 Å². The van der Waals surface area contributed by atoms with E-state index in [4.69, 9.17) is 10.5 Å². The first-order valence-electron chi connectivity index (χ1n) is 18.2. The number of nitrogens with two attached hydrogens (primary N) is 1. The molecule has 0 aromatic heterocycles. The number of nitrogens with zero attached hydrogens (tertiary/aromatic N) is 4. The largest absolute Gasteiger partial charge is 0.436 e. The van der Waals surface area contributed by atoms with Crippen molar-refractivity contribution in [3.8, 4) is 0 Å². The van der Waals surface area contributed by atoms with Crippen LogP contribution in [0.4, 0.5) is 47.3 Å². The van der Waals surface area contributed by atoms with Crippen molar-refractivity contribution in [1.29, 1.82) is 0 Å². The number of halogens is 6. The SMILES string of the molecule is CN1CCC(C2CCN(C(=O)C(Cc3cc(C(F)(F)F)c(N)c(C(F)(F)F)c3)OC(=O)N3CCC(N4CCc5ccccc5NC4=O)CC3)CC2)CC1. The molecule has 6 rings (SSSR count). The number of nitrogens with one attached hydrogen (secondary N) is 1. The molecule has 4 aliphatic rings. The molecule has 4 amide bonds. The molecule has 0 bridgehead atoms. The highest BCUT2D eigenvalue weighted by molar-refractivity contribution is 5.91. The standard InChI is InChI=1S/C37H46F6N6O4/c1-46-13-6-24(7-14-46)25-8-15-47(16-9-25)33(50)31(22-23-20-28(36(38,39)40)32(44)29(21-23)37(41,42)43)53-35(52)48-17-11-27(12-18-48)49-19-10-26-4-2-3-5-30(26)45-34(49)51/h2-5,20-21,24-25,27,31H,6-19,22,44H2,1H3,(H,45,51). The molecule has 10 nitrogen and oxygen atoms in total. The molecular weight excluding hydrogens is 706 g/mol. The first-order valence-corrected chi connectivity index (χ1v) is 18.2. The van der Waals surface area contributed by atoms with E-state index in [9.17, 15) is 40.7 Å². The lowest BCUT2D eigenvalue weighted by molar-refractivity contribution is -0.142. The van der Waals surface area contributed by atoms with Gasteiger partial charge in [0.25, 0.3) is 5.91 Å². The Bertz CT molecular complexity index is 1610. The molecule has 16 heteroatoms. The molecule has 3 N–H and O–H groups in total. The Labute approximate surface area is 304 Å². The van der Waals surface area contributed by atoms with E-state index in [-0.39, 0.29) is 25.2 Å². The molecular formula is C37H46F6N6O4. The fraction of sp³-hybridized carbons (Fsp3) is 0.595. The van der Waals surface area contributed by atoms with Crippen molar-refractivity contribution in [3.63, 3.8) is 0 Å². The van der Waals surface area contributed by atoms with Crippen molar-refractivity contribution in [2.24, 2.45) is 11.8 Å². The zero-order chi connectivity index (χ0) is 38.1. The molecule has 0 saturated carbocycles. The second-order valence-electron chi connectivity index (χ2n) is 14.7. The number of ether oxygens (including phenoxy) is 1. The smallest absolute Gasteiger partial charge is 0.418 e. The van der Waals surface area contributed by atoms with Crippen LogP contribution in [0.15, 0.2) is 36.4 Å². The van der Waals surface area contributed by atoms with E-state index in [1.54, 1.807) is 4.90 Å². The minimum absolute atomic E-state index is 0.168. The van der Waals surface area contributed by atoms with Crippen LogP contribution in [0.3, 0.4) is 0 Å². The quantitative estimate of drug-likeness (QED) is 0.258. The number of amides is 4. The first kappa shape index (κ1) is 38.5. The fourth-order valence-electron chi connectivity index (χ4n) is 8.28. The Kier molecular flexibility index (Phi) is 11.4. The lowest BCUT2D eigenvalue weighted by atomic mass is 9.79. The lowest BCUT2D eigenvalue weighted by Gasteiger charge is -2.40. The Hall–Kier alpha value is -4.21. The maximum Gasteiger partial charge on any atom is 0.418 e. The highest BCUT2D eigenvalue weighted by Crippen LogP contribution is 2.42. The van der Waals surface area contributed by atoms with Gasteiger partial charge < -0.3 is 35.4 Å². The van der Waals surface area contributed by atoms with Crippen LogP contribution in [-0.4, -0.2) is 103 Å². The third-order valence-electron chi connectivity index (χ3n) is 11.4. The number of benzene rings is 2. The monoisotopic (exact) mass is 752 g/mol. The zero-order valence-corrected chi connectivity index (χ0v) is 29.6. The molecule has 1 atom stereocenters. The van der Waals surface area contributed by atoms with Crippen LogP contribution in [0.25, 0.3) is 0 Å². The third-order valence-corrected chi connectivity index (χ3v) is 11.4. The number of carbonyl (C=O) groups excluding carboxylic acids is 3. The van der Waals surface area contributed by atoms with Gasteiger partial charge in [-0.3, -0.25) is 4.79 Å². The zero-order valence-electron chi connectivity index (χ0n) is 29.6. The van der Waals surface area contributed by atoms with Crippen molar-refractivity contribution in [3.05, 3.63) is 58.7 Å². The minimum Gasteiger partial charge on any atom is -0.436 e. The summed E-state index contributed by atoms with van der Waals surface area (Å²) < 4.78 is 89.0. The topological polar surface area (TPSA) is 111 Å². The summed E-state index contributed by atoms with van der Waals surface area (Å²) in [5.41, 5.74) is 1.80. The van der Waals surface area contributed by atoms with Crippen LogP contribution in [-0.2, 0) is 34.7 Å². The van der Waals surface area contributed by atoms with Gasteiger partial charge in [0.15, 0.2) is 6.10 Å².